The van der Waals surface area contributed by atoms with Crippen LogP contribution in [0.1, 0.15) is 5.56 Å². The van der Waals surface area contributed by atoms with Crippen LogP contribution in [0.4, 0.5) is 17.1 Å². The maximum absolute atomic E-state index is 6.15. The molecular formula is C21H22N4. The van der Waals surface area contributed by atoms with E-state index in [1.54, 1.807) is 0 Å². The molecule has 3 aromatic rings. The molecule has 4 nitrogen and oxygen atoms in total. The van der Waals surface area contributed by atoms with Gasteiger partial charge in [0.25, 0.3) is 0 Å². The maximum atomic E-state index is 6.15. The van der Waals surface area contributed by atoms with Crippen LogP contribution in [-0.4, -0.2) is 19.9 Å². The molecule has 0 aliphatic rings. The smallest absolute Gasteiger partial charge is 0.131 e. The summed E-state index contributed by atoms with van der Waals surface area (Å²) < 4.78 is 0. The summed E-state index contributed by atoms with van der Waals surface area (Å²) in [6.07, 6.45) is 0. The molecule has 4 heteroatoms. The number of aliphatic imine (C=N–C) groups is 1. The van der Waals surface area contributed by atoms with Crippen LogP contribution in [0.3, 0.4) is 0 Å². The van der Waals surface area contributed by atoms with Crippen molar-refractivity contribution in [3.05, 3.63) is 78.4 Å². The van der Waals surface area contributed by atoms with Crippen LogP contribution >= 0.6 is 0 Å². The molecule has 3 rings (SSSR count). The van der Waals surface area contributed by atoms with Gasteiger partial charge in [0.05, 0.1) is 5.69 Å². The van der Waals surface area contributed by atoms with E-state index in [0.29, 0.717) is 5.84 Å². The predicted octanol–water partition coefficient (Wildman–Crippen LogP) is 4.47. The van der Waals surface area contributed by atoms with Gasteiger partial charge >= 0.3 is 0 Å². The molecule has 0 atom stereocenters. The molecule has 0 aliphatic heterocycles. The minimum absolute atomic E-state index is 0.509. The molecule has 0 aromatic heterocycles. The summed E-state index contributed by atoms with van der Waals surface area (Å²) in [6.45, 7) is 0. The first-order chi connectivity index (χ1) is 12.2. The molecule has 4 N–H and O–H groups in total. The highest BCUT2D eigenvalue weighted by atomic mass is 14.9. The topological polar surface area (TPSA) is 62.4 Å². The van der Waals surface area contributed by atoms with Gasteiger partial charge in [-0.2, -0.15) is 0 Å². The number of hydrogen-bond acceptors (Lipinski definition) is 3. The van der Waals surface area contributed by atoms with Crippen molar-refractivity contribution in [3.8, 4) is 11.1 Å². The quantitative estimate of drug-likeness (QED) is 0.477. The van der Waals surface area contributed by atoms with Crippen molar-refractivity contribution in [1.29, 1.82) is 0 Å². The zero-order valence-electron chi connectivity index (χ0n) is 14.5. The number of nitrogens with one attached hydrogen (secondary N) is 2. The first-order valence-electron chi connectivity index (χ1n) is 8.20. The predicted molar refractivity (Wildman–Crippen MR) is 108 cm³/mol. The van der Waals surface area contributed by atoms with Crippen molar-refractivity contribution in [1.82, 2.24) is 0 Å². The van der Waals surface area contributed by atoms with Crippen LogP contribution in [-0.2, 0) is 0 Å². The lowest BCUT2D eigenvalue weighted by molar-refractivity contribution is 1.43. The van der Waals surface area contributed by atoms with Gasteiger partial charge in [0.2, 0.25) is 0 Å². The van der Waals surface area contributed by atoms with Crippen LogP contribution in [0.15, 0.2) is 77.8 Å². The van der Waals surface area contributed by atoms with Crippen molar-refractivity contribution in [2.75, 3.05) is 24.7 Å². The molecule has 126 valence electrons. The second-order valence-corrected chi connectivity index (χ2v) is 5.70. The average Bonchev–Trinajstić information content (AvgIpc) is 2.69. The van der Waals surface area contributed by atoms with E-state index in [1.807, 2.05) is 50.5 Å². The van der Waals surface area contributed by atoms with Gasteiger partial charge < -0.3 is 16.4 Å². The minimum Gasteiger partial charge on any atom is -0.388 e. The Morgan fingerprint density at radius 2 is 1.12 bits per heavy atom. The fourth-order valence-electron chi connectivity index (χ4n) is 2.57. The summed E-state index contributed by atoms with van der Waals surface area (Å²) in [4.78, 5) is 4.49. The highest BCUT2D eigenvalue weighted by Gasteiger charge is 2.02. The summed E-state index contributed by atoms with van der Waals surface area (Å²) in [5.74, 6) is 0.509. The number of hydrogen-bond donors (Lipinski definition) is 3. The third-order valence-corrected chi connectivity index (χ3v) is 4.09. The second kappa shape index (κ2) is 7.53. The molecular weight excluding hydrogens is 308 g/mol. The molecule has 0 spiro atoms. The molecule has 0 heterocycles. The molecule has 0 unspecified atom stereocenters. The molecule has 0 amide bonds. The highest BCUT2D eigenvalue weighted by Crippen LogP contribution is 2.22. The fourth-order valence-corrected chi connectivity index (χ4v) is 2.57. The van der Waals surface area contributed by atoms with E-state index in [9.17, 15) is 0 Å². The zero-order chi connectivity index (χ0) is 17.6. The number of rotatable bonds is 5. The molecule has 3 aromatic carbocycles. The minimum atomic E-state index is 0.509. The Kier molecular flexibility index (Phi) is 5.00. The highest BCUT2D eigenvalue weighted by molar-refractivity contribution is 5.99. The van der Waals surface area contributed by atoms with Crippen molar-refractivity contribution in [2.24, 2.45) is 10.7 Å². The van der Waals surface area contributed by atoms with Crippen LogP contribution in [0, 0.1) is 0 Å². The molecule has 0 bridgehead atoms. The lowest BCUT2D eigenvalue weighted by Crippen LogP contribution is -2.12. The molecule has 0 fully saturated rings. The third kappa shape index (κ3) is 3.98. The van der Waals surface area contributed by atoms with E-state index in [1.165, 1.54) is 5.56 Å². The largest absolute Gasteiger partial charge is 0.388 e. The number of benzene rings is 3. The van der Waals surface area contributed by atoms with Gasteiger partial charge in [-0.1, -0.05) is 36.4 Å². The molecule has 0 saturated heterocycles. The van der Waals surface area contributed by atoms with Crippen molar-refractivity contribution < 1.29 is 0 Å². The zero-order valence-corrected chi connectivity index (χ0v) is 14.5. The first kappa shape index (κ1) is 16.6. The van der Waals surface area contributed by atoms with Gasteiger partial charge in [0, 0.05) is 31.0 Å². The van der Waals surface area contributed by atoms with Gasteiger partial charge in [-0.05, 0) is 47.5 Å². The maximum Gasteiger partial charge on any atom is 0.131 e. The summed E-state index contributed by atoms with van der Waals surface area (Å²) in [5, 5.41) is 6.21. The Labute approximate surface area is 148 Å². The van der Waals surface area contributed by atoms with E-state index in [0.717, 1.165) is 28.2 Å². The van der Waals surface area contributed by atoms with Crippen LogP contribution < -0.4 is 16.4 Å². The van der Waals surface area contributed by atoms with Gasteiger partial charge in [0.1, 0.15) is 5.84 Å². The summed E-state index contributed by atoms with van der Waals surface area (Å²) in [5.41, 5.74) is 12.4. The van der Waals surface area contributed by atoms with Gasteiger partial charge in [-0.3, -0.25) is 0 Å². The van der Waals surface area contributed by atoms with Gasteiger partial charge in [0.15, 0.2) is 0 Å². The number of nitrogens with zero attached hydrogens (tertiary/aromatic N) is 1. The van der Waals surface area contributed by atoms with E-state index < -0.39 is 0 Å². The third-order valence-electron chi connectivity index (χ3n) is 4.09. The number of amidine groups is 1. The average molecular weight is 330 g/mol. The number of nitrogens with two attached hydrogens (primary N) is 1. The van der Waals surface area contributed by atoms with Crippen molar-refractivity contribution in [3.63, 3.8) is 0 Å². The van der Waals surface area contributed by atoms with Gasteiger partial charge in [-0.15, -0.1) is 0 Å². The van der Waals surface area contributed by atoms with Crippen molar-refractivity contribution >= 4 is 22.9 Å². The van der Waals surface area contributed by atoms with Crippen LogP contribution in [0.25, 0.3) is 11.1 Å². The lowest BCUT2D eigenvalue weighted by atomic mass is 10.0. The Balaban J connectivity index is 1.79. The van der Waals surface area contributed by atoms with Crippen molar-refractivity contribution in [2.45, 2.75) is 0 Å². The summed E-state index contributed by atoms with van der Waals surface area (Å²) >= 11 is 0. The van der Waals surface area contributed by atoms with E-state index >= 15 is 0 Å². The second-order valence-electron chi connectivity index (χ2n) is 5.70. The Morgan fingerprint density at radius 1 is 0.680 bits per heavy atom. The Bertz CT molecular complexity index is 848. The normalized spacial score (nSPS) is 11.2. The van der Waals surface area contributed by atoms with Gasteiger partial charge in [-0.25, -0.2) is 4.99 Å². The lowest BCUT2D eigenvalue weighted by Gasteiger charge is -2.06. The number of anilines is 2. The standard InChI is InChI=1S/C21H22N4/c1-23-18-9-7-16(8-10-18)15-3-5-17(6-4-15)21(22)25-20-13-11-19(24-2)12-14-20/h3-14,23-24H,1-2H3,(H2,22,25). The summed E-state index contributed by atoms with van der Waals surface area (Å²) in [6, 6.07) is 24.3. The molecule has 25 heavy (non-hydrogen) atoms. The SMILES string of the molecule is CNc1ccc(N=C(N)c2ccc(-c3ccc(NC)cc3)cc2)cc1. The molecule has 0 radical (unpaired) electrons. The molecule has 0 saturated carbocycles. The monoisotopic (exact) mass is 330 g/mol. The van der Waals surface area contributed by atoms with E-state index in [4.69, 9.17) is 5.73 Å². The Morgan fingerprint density at radius 3 is 1.60 bits per heavy atom. The summed E-state index contributed by atoms with van der Waals surface area (Å²) in [7, 11) is 3.80. The van der Waals surface area contributed by atoms with E-state index in [2.05, 4.69) is 52.0 Å². The Hall–Kier alpha value is -3.27. The van der Waals surface area contributed by atoms with E-state index in [-0.39, 0.29) is 0 Å². The van der Waals surface area contributed by atoms with Crippen LogP contribution in [0.5, 0.6) is 0 Å². The first-order valence-corrected chi connectivity index (χ1v) is 8.20. The van der Waals surface area contributed by atoms with Crippen LogP contribution in [0.2, 0.25) is 0 Å². The molecule has 0 aliphatic carbocycles. The fraction of sp³-hybridized carbons (Fsp3) is 0.0952.